The van der Waals surface area contributed by atoms with Crippen LogP contribution in [0.4, 0.5) is 0 Å². The molecular formula is C16H14N2O5S. The molecule has 2 amide bonds. The van der Waals surface area contributed by atoms with Gasteiger partial charge in [0.2, 0.25) is 11.8 Å². The van der Waals surface area contributed by atoms with Crippen molar-refractivity contribution in [1.82, 2.24) is 10.2 Å². The van der Waals surface area contributed by atoms with Crippen LogP contribution < -0.4 is 5.32 Å². The van der Waals surface area contributed by atoms with E-state index in [4.69, 9.17) is 0 Å². The molecule has 2 aliphatic rings. The molecule has 1 aromatic rings. The van der Waals surface area contributed by atoms with Gasteiger partial charge in [0.1, 0.15) is 17.4 Å². The van der Waals surface area contributed by atoms with Crippen molar-refractivity contribution in [3.05, 3.63) is 41.5 Å². The molecule has 3 rings (SSSR count). The van der Waals surface area contributed by atoms with E-state index in [0.717, 1.165) is 10.5 Å². The zero-order chi connectivity index (χ0) is 17.3. The number of carboxylic acid groups (broad SMARTS) is 1. The molecular weight excluding hydrogens is 332 g/mol. The highest BCUT2D eigenvalue weighted by Gasteiger charge is 2.56. The quantitative estimate of drug-likeness (QED) is 0.580. The van der Waals surface area contributed by atoms with E-state index >= 15 is 0 Å². The molecule has 7 nitrogen and oxygen atoms in total. The van der Waals surface area contributed by atoms with Crippen LogP contribution in [-0.2, 0) is 25.6 Å². The number of nitrogens with one attached hydrogen (secondary N) is 1. The van der Waals surface area contributed by atoms with E-state index < -0.39 is 29.3 Å². The lowest BCUT2D eigenvalue weighted by atomic mass is 9.98. The van der Waals surface area contributed by atoms with Crippen molar-refractivity contribution in [1.29, 1.82) is 0 Å². The van der Waals surface area contributed by atoms with Gasteiger partial charge < -0.3 is 15.3 Å². The Morgan fingerprint density at radius 2 is 2.04 bits per heavy atom. The molecule has 2 unspecified atom stereocenters. The molecule has 0 bridgehead atoms. The van der Waals surface area contributed by atoms with Gasteiger partial charge in [0.25, 0.3) is 0 Å². The maximum atomic E-state index is 12.3. The van der Waals surface area contributed by atoms with Crippen molar-refractivity contribution < 1.29 is 24.3 Å². The molecule has 3 atom stereocenters. The summed E-state index contributed by atoms with van der Waals surface area (Å²) in [6, 6.07) is 7.06. The van der Waals surface area contributed by atoms with Crippen LogP contribution >= 0.6 is 11.8 Å². The Morgan fingerprint density at radius 3 is 2.67 bits per heavy atom. The van der Waals surface area contributed by atoms with Crippen molar-refractivity contribution in [3.63, 3.8) is 0 Å². The zero-order valence-electron chi connectivity index (χ0n) is 12.5. The van der Waals surface area contributed by atoms with E-state index in [1.165, 1.54) is 11.8 Å². The van der Waals surface area contributed by atoms with Gasteiger partial charge in [-0.25, -0.2) is 9.59 Å². The predicted octanol–water partition coefficient (Wildman–Crippen LogP) is -0.160. The number of carbonyl (C=O) groups excluding carboxylic acids is 3. The Morgan fingerprint density at radius 1 is 1.33 bits per heavy atom. The van der Waals surface area contributed by atoms with E-state index in [2.05, 4.69) is 5.32 Å². The average Bonchev–Trinajstić information content (AvgIpc) is 2.58. The van der Waals surface area contributed by atoms with Crippen LogP contribution in [0.15, 0.2) is 35.9 Å². The van der Waals surface area contributed by atoms with Crippen LogP contribution in [0.25, 0.3) is 0 Å². The van der Waals surface area contributed by atoms with E-state index in [9.17, 15) is 24.3 Å². The Balaban J connectivity index is 1.68. The Bertz CT molecular complexity index is 744. The van der Waals surface area contributed by atoms with Gasteiger partial charge in [-0.15, -0.1) is 11.8 Å². The van der Waals surface area contributed by atoms with Gasteiger partial charge in [0, 0.05) is 5.75 Å². The highest BCUT2D eigenvalue weighted by molar-refractivity contribution is 8.00. The fourth-order valence-corrected chi connectivity index (χ4v) is 4.18. The highest BCUT2D eigenvalue weighted by Crippen LogP contribution is 2.39. The molecule has 2 N–H and O–H groups in total. The van der Waals surface area contributed by atoms with E-state index in [-0.39, 0.29) is 23.7 Å². The van der Waals surface area contributed by atoms with Crippen molar-refractivity contribution in [2.45, 2.75) is 23.9 Å². The molecule has 0 aromatic heterocycles. The number of hydrogen-bond donors (Lipinski definition) is 2. The van der Waals surface area contributed by atoms with Gasteiger partial charge in [0.05, 0.1) is 12.0 Å². The summed E-state index contributed by atoms with van der Waals surface area (Å²) in [7, 11) is 0. The second kappa shape index (κ2) is 6.51. The summed E-state index contributed by atoms with van der Waals surface area (Å²) in [5.74, 6) is -0.264. The van der Waals surface area contributed by atoms with Crippen molar-refractivity contribution in [2.75, 3.05) is 5.75 Å². The smallest absolute Gasteiger partial charge is 0.331 e. The standard InChI is InChI=1S/C16H14N2O5S/c19-7-10-8-24-15-12(14(21)18(15)13(10)16(22)23)17-11(20)6-9-4-2-1-3-5-9/h1-5,12-13,15H,6,8H2,(H,17,20)(H,22,23)/t12?,13?,15-/m0/s1. The monoisotopic (exact) mass is 346 g/mol. The maximum absolute atomic E-state index is 12.3. The number of benzene rings is 1. The van der Waals surface area contributed by atoms with Gasteiger partial charge in [0.15, 0.2) is 6.04 Å². The largest absolute Gasteiger partial charge is 0.479 e. The average molecular weight is 346 g/mol. The third-order valence-electron chi connectivity index (χ3n) is 3.99. The first kappa shape index (κ1) is 16.3. The topological polar surface area (TPSA) is 104 Å². The first-order valence-corrected chi connectivity index (χ1v) is 8.31. The molecule has 1 aromatic carbocycles. The Kier molecular flexibility index (Phi) is 4.42. The minimum Gasteiger partial charge on any atom is -0.479 e. The second-order valence-corrected chi connectivity index (χ2v) is 6.63. The molecule has 2 aliphatic heterocycles. The molecule has 2 saturated heterocycles. The first-order chi connectivity index (χ1) is 11.5. The minimum absolute atomic E-state index is 0.0335. The van der Waals surface area contributed by atoms with Gasteiger partial charge in [-0.3, -0.25) is 9.59 Å². The minimum atomic E-state index is -1.29. The van der Waals surface area contributed by atoms with Crippen LogP contribution in [0.2, 0.25) is 0 Å². The molecule has 24 heavy (non-hydrogen) atoms. The lowest BCUT2D eigenvalue weighted by Gasteiger charge is -2.51. The van der Waals surface area contributed by atoms with Gasteiger partial charge in [-0.1, -0.05) is 30.3 Å². The summed E-state index contributed by atoms with van der Waals surface area (Å²) in [4.78, 5) is 47.7. The maximum Gasteiger partial charge on any atom is 0.331 e. The van der Waals surface area contributed by atoms with Gasteiger partial charge >= 0.3 is 5.97 Å². The van der Waals surface area contributed by atoms with E-state index in [1.807, 2.05) is 30.3 Å². The SMILES string of the molecule is O=C=C1CS[C@H]2C(NC(=O)Cc3ccccc3)C(=O)N2C1C(=O)O. The van der Waals surface area contributed by atoms with Crippen LogP contribution in [0.5, 0.6) is 0 Å². The number of fused-ring (bicyclic) bond motifs is 1. The molecule has 124 valence electrons. The molecule has 0 spiro atoms. The molecule has 8 heteroatoms. The number of carboxylic acids is 1. The number of carbonyl (C=O) groups is 3. The first-order valence-electron chi connectivity index (χ1n) is 7.26. The van der Waals surface area contributed by atoms with Crippen LogP contribution in [0.3, 0.4) is 0 Å². The van der Waals surface area contributed by atoms with Crippen molar-refractivity contribution in [2.24, 2.45) is 0 Å². The summed E-state index contributed by atoms with van der Waals surface area (Å²) in [6.45, 7) is 0. The predicted molar refractivity (Wildman–Crippen MR) is 85.8 cm³/mol. The molecule has 0 saturated carbocycles. The molecule has 2 heterocycles. The zero-order valence-corrected chi connectivity index (χ0v) is 13.3. The number of thioether (sulfide) groups is 1. The van der Waals surface area contributed by atoms with Crippen LogP contribution in [0, 0.1) is 0 Å². The fraction of sp³-hybridized carbons (Fsp3) is 0.312. The summed E-state index contributed by atoms with van der Waals surface area (Å²) < 4.78 is 0. The number of β-lactam (4-membered cyclic amide) rings is 1. The summed E-state index contributed by atoms with van der Waals surface area (Å²) in [6.07, 6.45) is 0.143. The normalized spacial score (nSPS) is 25.3. The molecule has 0 radical (unpaired) electrons. The number of hydrogen-bond acceptors (Lipinski definition) is 5. The van der Waals surface area contributed by atoms with Crippen molar-refractivity contribution >= 4 is 35.5 Å². The second-order valence-electron chi connectivity index (χ2n) is 5.52. The summed E-state index contributed by atoms with van der Waals surface area (Å²) in [5, 5.41) is 11.4. The number of amides is 2. The van der Waals surface area contributed by atoms with Crippen LogP contribution in [-0.4, -0.2) is 56.9 Å². The highest BCUT2D eigenvalue weighted by atomic mass is 32.2. The molecule has 0 aliphatic carbocycles. The number of aliphatic carboxylic acids is 1. The van der Waals surface area contributed by atoms with Gasteiger partial charge in [-0.05, 0) is 5.56 Å². The van der Waals surface area contributed by atoms with E-state index in [0.29, 0.717) is 0 Å². The van der Waals surface area contributed by atoms with E-state index in [1.54, 1.807) is 5.94 Å². The molecule has 2 fully saturated rings. The third kappa shape index (κ3) is 2.81. The number of nitrogens with zero attached hydrogens (tertiary/aromatic N) is 1. The van der Waals surface area contributed by atoms with Crippen molar-refractivity contribution in [3.8, 4) is 0 Å². The summed E-state index contributed by atoms with van der Waals surface area (Å²) >= 11 is 1.25. The lowest BCUT2D eigenvalue weighted by Crippen LogP contribution is -2.74. The Hall–Kier alpha value is -2.57. The third-order valence-corrected chi connectivity index (χ3v) is 5.31. The Labute approximate surface area is 141 Å². The number of rotatable bonds is 4. The van der Waals surface area contributed by atoms with Crippen LogP contribution in [0.1, 0.15) is 5.56 Å². The summed E-state index contributed by atoms with van der Waals surface area (Å²) in [5.41, 5.74) is 0.857. The lowest BCUT2D eigenvalue weighted by molar-refractivity contribution is -0.160. The fourth-order valence-electron chi connectivity index (χ4n) is 2.85. The van der Waals surface area contributed by atoms with Gasteiger partial charge in [-0.2, -0.15) is 0 Å².